The Hall–Kier alpha value is -1.03. The summed E-state index contributed by atoms with van der Waals surface area (Å²) in [6, 6.07) is 5.01. The Morgan fingerprint density at radius 2 is 2.29 bits per heavy atom. The van der Waals surface area contributed by atoms with E-state index in [4.69, 9.17) is 14.1 Å². The Labute approximate surface area is 97.8 Å². The first-order chi connectivity index (χ1) is 7.99. The minimum atomic E-state index is -3.91. The zero-order valence-corrected chi connectivity index (χ0v) is 9.51. The first-order valence-electron chi connectivity index (χ1n) is 4.83. The fraction of sp³-hybridized carbons (Fsp3) is 0.333. The third-order valence-electron chi connectivity index (χ3n) is 2.18. The van der Waals surface area contributed by atoms with Crippen LogP contribution in [-0.4, -0.2) is 32.9 Å². The molecule has 1 heterocycles. The monoisotopic (exact) mass is 261 g/mol. The van der Waals surface area contributed by atoms with E-state index in [1.807, 2.05) is 0 Å². The lowest BCUT2D eigenvalue weighted by Crippen LogP contribution is -2.99. The highest BCUT2D eigenvalue weighted by molar-refractivity contribution is 7.86. The normalized spacial score (nSPS) is 21.2. The zero-order chi connectivity index (χ0) is 12.5. The summed E-state index contributed by atoms with van der Waals surface area (Å²) in [6.45, 7) is 0.449. The van der Waals surface area contributed by atoms with Crippen LogP contribution in [0.15, 0.2) is 29.2 Å². The van der Waals surface area contributed by atoms with Gasteiger partial charge in [0.1, 0.15) is 11.0 Å². The molecular weight excluding hydrogens is 250 g/mol. The molecule has 0 aliphatic carbocycles. The van der Waals surface area contributed by atoms with Crippen LogP contribution in [0.25, 0.3) is 0 Å². The zero-order valence-electron chi connectivity index (χ0n) is 8.70. The second-order valence-electron chi connectivity index (χ2n) is 3.53. The molecule has 1 aliphatic heterocycles. The SMILES string of the molecule is O=S(=O)(OC[C@@H]1CO1)c1cccc([NH+]([O-])O)c1. The van der Waals surface area contributed by atoms with Crippen molar-refractivity contribution < 1.29 is 27.8 Å². The Bertz CT molecular complexity index is 496. The molecule has 1 saturated heterocycles. The van der Waals surface area contributed by atoms with Crippen molar-refractivity contribution in [1.29, 1.82) is 0 Å². The number of hydrogen-bond acceptors (Lipinski definition) is 6. The van der Waals surface area contributed by atoms with E-state index in [0.29, 0.717) is 6.61 Å². The molecule has 1 aromatic rings. The number of hydrogen-bond donors (Lipinski definition) is 2. The summed E-state index contributed by atoms with van der Waals surface area (Å²) >= 11 is 0. The van der Waals surface area contributed by atoms with E-state index in [0.717, 1.165) is 6.07 Å². The molecule has 0 radical (unpaired) electrons. The maximum Gasteiger partial charge on any atom is 0.297 e. The quantitative estimate of drug-likeness (QED) is 0.408. The molecule has 2 atom stereocenters. The van der Waals surface area contributed by atoms with Crippen LogP contribution in [0.5, 0.6) is 0 Å². The molecule has 94 valence electrons. The van der Waals surface area contributed by atoms with Gasteiger partial charge in [-0.05, 0) is 6.07 Å². The third kappa shape index (κ3) is 3.22. The molecule has 7 nitrogen and oxygen atoms in total. The van der Waals surface area contributed by atoms with Crippen LogP contribution >= 0.6 is 0 Å². The summed E-state index contributed by atoms with van der Waals surface area (Å²) in [5.74, 6) is 0. The summed E-state index contributed by atoms with van der Waals surface area (Å²) in [4.78, 5) is -0.168. The molecule has 0 saturated carbocycles. The summed E-state index contributed by atoms with van der Waals surface area (Å²) in [5, 5.41) is 18.3. The largest absolute Gasteiger partial charge is 0.595 e. The highest BCUT2D eigenvalue weighted by atomic mass is 32.2. The van der Waals surface area contributed by atoms with Crippen LogP contribution < -0.4 is 5.23 Å². The lowest BCUT2D eigenvalue weighted by molar-refractivity contribution is -0.991. The van der Waals surface area contributed by atoms with Crippen LogP contribution in [0.1, 0.15) is 0 Å². The van der Waals surface area contributed by atoms with Crippen LogP contribution in [0.4, 0.5) is 5.69 Å². The number of ether oxygens (including phenoxy) is 1. The van der Waals surface area contributed by atoms with Gasteiger partial charge in [-0.2, -0.15) is 13.6 Å². The van der Waals surface area contributed by atoms with Gasteiger partial charge in [-0.15, -0.1) is 0 Å². The number of quaternary nitrogens is 1. The lowest BCUT2D eigenvalue weighted by Gasteiger charge is -2.12. The van der Waals surface area contributed by atoms with Crippen molar-refractivity contribution >= 4 is 15.8 Å². The van der Waals surface area contributed by atoms with Gasteiger partial charge >= 0.3 is 0 Å². The second-order valence-corrected chi connectivity index (χ2v) is 5.14. The number of epoxide rings is 1. The third-order valence-corrected chi connectivity index (χ3v) is 3.46. The fourth-order valence-corrected chi connectivity index (χ4v) is 2.17. The summed E-state index contributed by atoms with van der Waals surface area (Å²) in [6.07, 6.45) is -0.174. The van der Waals surface area contributed by atoms with Gasteiger partial charge in [0.25, 0.3) is 10.1 Å². The van der Waals surface area contributed by atoms with Gasteiger partial charge in [-0.1, -0.05) is 6.07 Å². The van der Waals surface area contributed by atoms with E-state index in [2.05, 4.69) is 0 Å². The van der Waals surface area contributed by atoms with Gasteiger partial charge in [0.2, 0.25) is 0 Å². The first kappa shape index (κ1) is 12.4. The van der Waals surface area contributed by atoms with E-state index in [1.165, 1.54) is 18.2 Å². The molecule has 1 fully saturated rings. The molecule has 8 heteroatoms. The van der Waals surface area contributed by atoms with Gasteiger partial charge in [0.05, 0.1) is 13.2 Å². The molecular formula is C9H11NO6S. The molecule has 0 aromatic heterocycles. The first-order valence-corrected chi connectivity index (χ1v) is 6.24. The molecule has 1 unspecified atom stereocenters. The summed E-state index contributed by atoms with van der Waals surface area (Å²) in [7, 11) is -3.91. The Balaban J connectivity index is 2.16. The number of nitrogens with one attached hydrogen (secondary N) is 1. The maximum absolute atomic E-state index is 11.7. The summed E-state index contributed by atoms with van der Waals surface area (Å²) < 4.78 is 32.9. The predicted molar refractivity (Wildman–Crippen MR) is 55.1 cm³/mol. The van der Waals surface area contributed by atoms with Crippen molar-refractivity contribution in [3.63, 3.8) is 0 Å². The van der Waals surface area contributed by atoms with E-state index < -0.39 is 15.3 Å². The van der Waals surface area contributed by atoms with Gasteiger partial charge in [-0.25, -0.2) is 5.21 Å². The van der Waals surface area contributed by atoms with Gasteiger partial charge in [-0.3, -0.25) is 4.18 Å². The highest BCUT2D eigenvalue weighted by Gasteiger charge is 2.27. The molecule has 2 N–H and O–H groups in total. The molecule has 0 amide bonds. The molecule has 1 aliphatic rings. The topological polar surface area (TPSA) is 104 Å². The molecule has 1 aromatic carbocycles. The Morgan fingerprint density at radius 1 is 1.59 bits per heavy atom. The Morgan fingerprint density at radius 3 is 2.88 bits per heavy atom. The molecule has 0 bridgehead atoms. The summed E-state index contributed by atoms with van der Waals surface area (Å²) in [5.41, 5.74) is -0.0997. The Kier molecular flexibility index (Phi) is 3.43. The molecule has 0 spiro atoms. The standard InChI is InChI=1S/C9H11NO6S/c11-10(12)7-2-1-3-9(4-7)17(13,14)16-6-8-5-15-8/h1-4,8,10-11H,5-6H2/t8-/m0/s1. The van der Waals surface area contributed by atoms with Gasteiger partial charge < -0.3 is 9.94 Å². The average Bonchev–Trinajstić information content (AvgIpc) is 3.10. The number of rotatable bonds is 5. The van der Waals surface area contributed by atoms with Crippen LogP contribution in [-0.2, 0) is 19.0 Å². The highest BCUT2D eigenvalue weighted by Crippen LogP contribution is 2.17. The van der Waals surface area contributed by atoms with Crippen LogP contribution in [0, 0.1) is 5.21 Å². The van der Waals surface area contributed by atoms with Crippen molar-refractivity contribution in [3.8, 4) is 0 Å². The van der Waals surface area contributed by atoms with Crippen LogP contribution in [0.2, 0.25) is 0 Å². The van der Waals surface area contributed by atoms with Gasteiger partial charge in [0, 0.05) is 12.1 Å². The smallest absolute Gasteiger partial charge is 0.297 e. The van der Waals surface area contributed by atoms with Crippen molar-refractivity contribution in [3.05, 3.63) is 29.5 Å². The van der Waals surface area contributed by atoms with E-state index >= 15 is 0 Å². The van der Waals surface area contributed by atoms with Crippen molar-refractivity contribution in [1.82, 2.24) is 0 Å². The lowest BCUT2D eigenvalue weighted by atomic mass is 10.3. The van der Waals surface area contributed by atoms with Crippen LogP contribution in [0.3, 0.4) is 0 Å². The van der Waals surface area contributed by atoms with Gasteiger partial charge in [0.15, 0.2) is 5.69 Å². The fourth-order valence-electron chi connectivity index (χ4n) is 1.18. The number of benzene rings is 1. The average molecular weight is 261 g/mol. The van der Waals surface area contributed by atoms with Crippen molar-refractivity contribution in [2.24, 2.45) is 0 Å². The van der Waals surface area contributed by atoms with Crippen molar-refractivity contribution in [2.75, 3.05) is 13.2 Å². The predicted octanol–water partition coefficient (Wildman–Crippen LogP) is -0.806. The van der Waals surface area contributed by atoms with E-state index in [9.17, 15) is 13.6 Å². The minimum Gasteiger partial charge on any atom is -0.595 e. The second kappa shape index (κ2) is 4.69. The molecule has 2 rings (SSSR count). The van der Waals surface area contributed by atoms with E-state index in [-0.39, 0.29) is 23.3 Å². The minimum absolute atomic E-state index is 0.0420. The molecule has 17 heavy (non-hydrogen) atoms. The van der Waals surface area contributed by atoms with Crippen molar-refractivity contribution in [2.45, 2.75) is 11.0 Å². The van der Waals surface area contributed by atoms with E-state index in [1.54, 1.807) is 0 Å². The maximum atomic E-state index is 11.7.